The zero-order valence-corrected chi connectivity index (χ0v) is 18.5. The minimum Gasteiger partial charge on any atom is -0.469 e. The van der Waals surface area contributed by atoms with Crippen LogP contribution in [0, 0.1) is 29.1 Å². The number of rotatable bonds is 5. The molecule has 4 fully saturated rings. The predicted octanol–water partition coefficient (Wildman–Crippen LogP) is 2.85. The first kappa shape index (κ1) is 20.9. The van der Waals surface area contributed by atoms with Gasteiger partial charge in [-0.1, -0.05) is 18.1 Å². The first-order valence-corrected chi connectivity index (χ1v) is 11.3. The molecule has 31 heavy (non-hydrogen) atoms. The molecule has 1 heterocycles. The molecule has 4 aliphatic carbocycles. The van der Waals surface area contributed by atoms with E-state index in [0.29, 0.717) is 51.4 Å². The topological polar surface area (TPSA) is 83.4 Å². The molecule has 1 aliphatic heterocycles. The van der Waals surface area contributed by atoms with E-state index in [0.717, 1.165) is 17.5 Å². The van der Waals surface area contributed by atoms with E-state index in [-0.39, 0.29) is 11.9 Å². The van der Waals surface area contributed by atoms with Crippen molar-refractivity contribution in [2.24, 2.45) is 34.1 Å². The van der Waals surface area contributed by atoms with Gasteiger partial charge in [-0.15, -0.1) is 0 Å². The van der Waals surface area contributed by atoms with Gasteiger partial charge in [0, 0.05) is 19.4 Å². The summed E-state index contributed by atoms with van der Waals surface area (Å²) < 4.78 is 22.1. The summed E-state index contributed by atoms with van der Waals surface area (Å²) >= 11 is 0. The minimum absolute atomic E-state index is 0.338. The molecule has 5 atom stereocenters. The van der Waals surface area contributed by atoms with Crippen molar-refractivity contribution in [3.63, 3.8) is 0 Å². The molecule has 1 saturated heterocycles. The van der Waals surface area contributed by atoms with Crippen LogP contribution in [-0.2, 0) is 28.5 Å². The second kappa shape index (κ2) is 7.55. The first-order chi connectivity index (χ1) is 14.9. The van der Waals surface area contributed by atoms with Crippen molar-refractivity contribution in [2.75, 3.05) is 34.0 Å². The highest BCUT2D eigenvalue weighted by Gasteiger charge is 2.57. The van der Waals surface area contributed by atoms with Crippen LogP contribution in [0.3, 0.4) is 0 Å². The number of carbonyl (C=O) groups excluding carboxylic acids is 2. The Balaban J connectivity index is 1.38. The number of methoxy groups -OCH3 is 2. The van der Waals surface area contributed by atoms with Gasteiger partial charge in [-0.05, 0) is 49.2 Å². The lowest BCUT2D eigenvalue weighted by Crippen LogP contribution is -2.51. The molecule has 0 aromatic carbocycles. The monoisotopic (exact) mass is 429 g/mol. The standard InChI is InChI=1S/C24H31NO6/c1-14-18-10-17(8-15-9-19(15)20(14)18)25-5-4-23(22(27)29-3)11-16(21(26)28-2)12-24(13-23)30-6-7-31-24/h8,10,14,16,19-20H,4-7,9,11-13H2,1-3H3. The van der Waals surface area contributed by atoms with Gasteiger partial charge in [-0.3, -0.25) is 14.6 Å². The lowest BCUT2D eigenvalue weighted by molar-refractivity contribution is -0.224. The number of ether oxygens (including phenoxy) is 4. The fraction of sp³-hybridized carbons (Fsp3) is 0.708. The van der Waals surface area contributed by atoms with Gasteiger partial charge in [0.15, 0.2) is 5.79 Å². The number of allylic oxidation sites excluding steroid dienone is 4. The minimum atomic E-state index is -0.942. The number of hydrogen-bond acceptors (Lipinski definition) is 7. The van der Waals surface area contributed by atoms with Crippen LogP contribution >= 0.6 is 0 Å². The smallest absolute Gasteiger partial charge is 0.312 e. The molecule has 0 amide bonds. The van der Waals surface area contributed by atoms with Crippen molar-refractivity contribution in [1.82, 2.24) is 0 Å². The van der Waals surface area contributed by atoms with Gasteiger partial charge in [-0.2, -0.15) is 0 Å². The molecule has 0 radical (unpaired) electrons. The average Bonchev–Trinajstić information content (AvgIpc) is 3.61. The van der Waals surface area contributed by atoms with E-state index in [4.69, 9.17) is 23.9 Å². The lowest BCUT2D eigenvalue weighted by atomic mass is 9.65. The second-order valence-electron chi connectivity index (χ2n) is 9.73. The highest BCUT2D eigenvalue weighted by atomic mass is 16.7. The first-order valence-electron chi connectivity index (χ1n) is 11.3. The quantitative estimate of drug-likeness (QED) is 0.625. The third-order valence-corrected chi connectivity index (χ3v) is 7.85. The van der Waals surface area contributed by atoms with Gasteiger partial charge in [0.2, 0.25) is 0 Å². The van der Waals surface area contributed by atoms with Crippen LogP contribution in [-0.4, -0.2) is 57.4 Å². The molecular weight excluding hydrogens is 398 g/mol. The number of hydrogen-bond donors (Lipinski definition) is 0. The van der Waals surface area contributed by atoms with E-state index in [1.165, 1.54) is 31.8 Å². The van der Waals surface area contributed by atoms with E-state index in [1.807, 2.05) is 0 Å². The average molecular weight is 430 g/mol. The Bertz CT molecular complexity index is 883. The van der Waals surface area contributed by atoms with E-state index in [1.54, 1.807) is 0 Å². The van der Waals surface area contributed by atoms with Crippen molar-refractivity contribution in [3.8, 4) is 0 Å². The molecule has 168 valence electrons. The van der Waals surface area contributed by atoms with Crippen LogP contribution in [0.2, 0.25) is 0 Å². The van der Waals surface area contributed by atoms with Crippen LogP contribution < -0.4 is 0 Å². The van der Waals surface area contributed by atoms with Crippen LogP contribution in [0.4, 0.5) is 0 Å². The molecule has 0 bridgehead atoms. The summed E-state index contributed by atoms with van der Waals surface area (Å²) in [7, 11) is 2.76. The molecule has 0 aromatic heterocycles. The SMILES string of the molecule is COC(=O)C1CC2(CC(CCN=C3C=C4CC4C4C(=C3)C4C)(C(=O)OC)C1)OCCO2. The fourth-order valence-corrected chi connectivity index (χ4v) is 6.16. The number of aliphatic imine (C=N–C) groups is 1. The van der Waals surface area contributed by atoms with E-state index in [9.17, 15) is 9.59 Å². The van der Waals surface area contributed by atoms with Crippen LogP contribution in [0.15, 0.2) is 28.3 Å². The van der Waals surface area contributed by atoms with Gasteiger partial charge in [0.1, 0.15) is 0 Å². The van der Waals surface area contributed by atoms with Gasteiger partial charge in [0.05, 0.1) is 44.5 Å². The third kappa shape index (κ3) is 3.65. The molecule has 5 rings (SSSR count). The zero-order chi connectivity index (χ0) is 21.8. The van der Waals surface area contributed by atoms with Crippen molar-refractivity contribution in [3.05, 3.63) is 23.3 Å². The summed E-state index contributed by atoms with van der Waals surface area (Å²) in [4.78, 5) is 30.3. The molecule has 5 aliphatic rings. The summed E-state index contributed by atoms with van der Waals surface area (Å²) in [5.74, 6) is 0.00872. The maximum Gasteiger partial charge on any atom is 0.312 e. The Morgan fingerprint density at radius 2 is 1.94 bits per heavy atom. The second-order valence-corrected chi connectivity index (χ2v) is 9.73. The largest absolute Gasteiger partial charge is 0.469 e. The Hall–Kier alpha value is -1.99. The summed E-state index contributed by atoms with van der Waals surface area (Å²) in [5, 5.41) is 0. The van der Waals surface area contributed by atoms with Crippen molar-refractivity contribution in [2.45, 2.75) is 44.8 Å². The molecule has 1 spiro atoms. The van der Waals surface area contributed by atoms with Gasteiger partial charge >= 0.3 is 11.9 Å². The number of carbonyl (C=O) groups is 2. The van der Waals surface area contributed by atoms with Gasteiger partial charge in [0.25, 0.3) is 0 Å². The number of nitrogens with zero attached hydrogens (tertiary/aromatic N) is 1. The van der Waals surface area contributed by atoms with E-state index in [2.05, 4.69) is 19.1 Å². The summed E-state index contributed by atoms with van der Waals surface area (Å²) in [6.45, 7) is 3.67. The lowest BCUT2D eigenvalue weighted by Gasteiger charge is -2.45. The van der Waals surface area contributed by atoms with Crippen molar-refractivity contribution in [1.29, 1.82) is 0 Å². The Morgan fingerprint density at radius 1 is 1.16 bits per heavy atom. The molecule has 7 heteroatoms. The normalized spacial score (nSPS) is 38.5. The summed E-state index contributed by atoms with van der Waals surface area (Å²) in [6, 6.07) is 0. The highest BCUT2D eigenvalue weighted by molar-refractivity contribution is 6.06. The zero-order valence-electron chi connectivity index (χ0n) is 18.5. The van der Waals surface area contributed by atoms with Crippen molar-refractivity contribution < 1.29 is 28.5 Å². The van der Waals surface area contributed by atoms with E-state index >= 15 is 0 Å². The summed E-state index contributed by atoms with van der Waals surface area (Å²) in [6.07, 6.45) is 7.22. The fourth-order valence-electron chi connectivity index (χ4n) is 6.16. The Labute approximate surface area is 182 Å². The van der Waals surface area contributed by atoms with Crippen LogP contribution in [0.25, 0.3) is 0 Å². The maximum absolute atomic E-state index is 13.0. The third-order valence-electron chi connectivity index (χ3n) is 7.85. The number of fused-ring (bicyclic) bond motifs is 3. The Kier molecular flexibility index (Phi) is 5.09. The maximum atomic E-state index is 13.0. The molecule has 3 saturated carbocycles. The Morgan fingerprint density at radius 3 is 2.65 bits per heavy atom. The molecule has 5 unspecified atom stereocenters. The molecule has 0 N–H and O–H groups in total. The van der Waals surface area contributed by atoms with Crippen LogP contribution in [0.5, 0.6) is 0 Å². The van der Waals surface area contributed by atoms with Crippen molar-refractivity contribution >= 4 is 17.7 Å². The molecule has 0 aromatic rings. The summed E-state index contributed by atoms with van der Waals surface area (Å²) in [5.41, 5.74) is 3.10. The molecule has 7 nitrogen and oxygen atoms in total. The predicted molar refractivity (Wildman–Crippen MR) is 112 cm³/mol. The number of esters is 2. The van der Waals surface area contributed by atoms with Gasteiger partial charge in [-0.25, -0.2) is 0 Å². The molecular formula is C24H31NO6. The van der Waals surface area contributed by atoms with E-state index < -0.39 is 17.1 Å². The highest BCUT2D eigenvalue weighted by Crippen LogP contribution is 2.62. The van der Waals surface area contributed by atoms with Crippen LogP contribution in [0.1, 0.15) is 39.0 Å². The van der Waals surface area contributed by atoms with Gasteiger partial charge < -0.3 is 18.9 Å².